The zero-order valence-electron chi connectivity index (χ0n) is 22.1. The Hall–Kier alpha value is -2.45. The highest BCUT2D eigenvalue weighted by Crippen LogP contribution is 2.65. The number of aliphatic hydroxyl groups is 1. The van der Waals surface area contributed by atoms with Gasteiger partial charge in [-0.15, -0.1) is 0 Å². The largest absolute Gasteiger partial charge is 0.394 e. The maximum atomic E-state index is 14.2. The summed E-state index contributed by atoms with van der Waals surface area (Å²) in [6.45, 7) is 10.2. The van der Waals surface area contributed by atoms with Crippen LogP contribution in [0.3, 0.4) is 0 Å². The van der Waals surface area contributed by atoms with Crippen LogP contribution >= 0.6 is 0 Å². The molecule has 8 heteroatoms. The van der Waals surface area contributed by atoms with Gasteiger partial charge in [0, 0.05) is 12.2 Å². The summed E-state index contributed by atoms with van der Waals surface area (Å²) in [5.74, 6) is -2.40. The van der Waals surface area contributed by atoms with Crippen LogP contribution in [0.5, 0.6) is 0 Å². The van der Waals surface area contributed by atoms with Gasteiger partial charge in [0.1, 0.15) is 11.6 Å². The zero-order chi connectivity index (χ0) is 26.3. The Bertz CT molecular complexity index is 987. The molecule has 36 heavy (non-hydrogen) atoms. The van der Waals surface area contributed by atoms with Gasteiger partial charge >= 0.3 is 0 Å². The minimum Gasteiger partial charge on any atom is -0.394 e. The highest BCUT2D eigenvalue weighted by molar-refractivity contribution is 6.02. The number of nitrogens with zero attached hydrogens (tertiary/aromatic N) is 1. The number of likely N-dealkylation sites (tertiary alicyclic amines) is 1. The molecule has 8 nitrogen and oxygen atoms in total. The number of aliphatic hydroxyl groups excluding tert-OH is 1. The summed E-state index contributed by atoms with van der Waals surface area (Å²) in [5, 5.41) is 16.4. The van der Waals surface area contributed by atoms with Crippen molar-refractivity contribution in [3.8, 4) is 0 Å². The number of ether oxygens (including phenoxy) is 1. The van der Waals surface area contributed by atoms with Crippen LogP contribution in [0.2, 0.25) is 0 Å². The first kappa shape index (κ1) is 26.6. The molecule has 198 valence electrons. The molecule has 2 bridgehead atoms. The van der Waals surface area contributed by atoms with Crippen LogP contribution in [0.1, 0.15) is 60.3 Å². The molecule has 1 spiro atoms. The minimum atomic E-state index is -1.11. The van der Waals surface area contributed by atoms with Gasteiger partial charge in [0.25, 0.3) is 0 Å². The Kier molecular flexibility index (Phi) is 7.49. The molecule has 0 saturated carbocycles. The first-order valence-electron chi connectivity index (χ1n) is 13.4. The summed E-state index contributed by atoms with van der Waals surface area (Å²) < 4.78 is 6.74. The molecule has 3 fully saturated rings. The van der Waals surface area contributed by atoms with Crippen molar-refractivity contribution in [3.05, 3.63) is 30.3 Å². The van der Waals surface area contributed by atoms with Gasteiger partial charge in [-0.1, -0.05) is 58.7 Å². The fraction of sp³-hybridized carbons (Fsp3) is 0.679. The average molecular weight is 500 g/mol. The van der Waals surface area contributed by atoms with Crippen molar-refractivity contribution in [2.24, 2.45) is 23.7 Å². The van der Waals surface area contributed by atoms with Gasteiger partial charge < -0.3 is 25.4 Å². The lowest BCUT2D eigenvalue weighted by Crippen LogP contribution is -2.59. The van der Waals surface area contributed by atoms with Crippen molar-refractivity contribution in [1.82, 2.24) is 10.2 Å². The normalized spacial score (nSPS) is 34.4. The maximum Gasteiger partial charge on any atom is 0.245 e. The smallest absolute Gasteiger partial charge is 0.245 e. The van der Waals surface area contributed by atoms with Gasteiger partial charge in [-0.3, -0.25) is 14.4 Å². The number of amides is 3. The fourth-order valence-corrected chi connectivity index (χ4v) is 6.77. The number of rotatable bonds is 10. The van der Waals surface area contributed by atoms with Gasteiger partial charge in [-0.05, 0) is 43.7 Å². The summed E-state index contributed by atoms with van der Waals surface area (Å²) in [6.07, 6.45) is 3.01. The molecular weight excluding hydrogens is 458 g/mol. The van der Waals surface area contributed by atoms with Crippen LogP contribution < -0.4 is 10.6 Å². The van der Waals surface area contributed by atoms with E-state index in [1.165, 1.54) is 0 Å². The highest BCUT2D eigenvalue weighted by Gasteiger charge is 2.80. The molecule has 0 aliphatic carbocycles. The Labute approximate surface area is 214 Å². The van der Waals surface area contributed by atoms with Gasteiger partial charge in [-0.25, -0.2) is 0 Å². The van der Waals surface area contributed by atoms with Crippen molar-refractivity contribution in [2.45, 2.75) is 83.6 Å². The van der Waals surface area contributed by atoms with E-state index in [0.717, 1.165) is 19.3 Å². The van der Waals surface area contributed by atoms with E-state index in [-0.39, 0.29) is 36.2 Å². The second kappa shape index (κ2) is 10.1. The third-order valence-corrected chi connectivity index (χ3v) is 9.00. The molecule has 3 saturated heterocycles. The Morgan fingerprint density at radius 2 is 1.92 bits per heavy atom. The molecule has 8 atom stereocenters. The summed E-state index contributed by atoms with van der Waals surface area (Å²) in [5.41, 5.74) is -1.33. The van der Waals surface area contributed by atoms with Crippen LogP contribution in [0.25, 0.3) is 0 Å². The summed E-state index contributed by atoms with van der Waals surface area (Å²) >= 11 is 0. The molecule has 3 unspecified atom stereocenters. The number of fused-ring (bicyclic) bond motifs is 1. The summed E-state index contributed by atoms with van der Waals surface area (Å²) in [7, 11) is 0. The first-order valence-corrected chi connectivity index (χ1v) is 13.4. The van der Waals surface area contributed by atoms with Gasteiger partial charge in [0.05, 0.1) is 30.1 Å². The molecular formula is C28H41N3O5. The van der Waals surface area contributed by atoms with E-state index in [4.69, 9.17) is 4.74 Å². The quantitative estimate of drug-likeness (QED) is 0.429. The van der Waals surface area contributed by atoms with E-state index in [2.05, 4.69) is 17.6 Å². The van der Waals surface area contributed by atoms with Crippen molar-refractivity contribution in [1.29, 1.82) is 0 Å². The topological polar surface area (TPSA) is 108 Å². The second-order valence-corrected chi connectivity index (χ2v) is 11.1. The van der Waals surface area contributed by atoms with E-state index in [1.807, 2.05) is 58.0 Å². The fourth-order valence-electron chi connectivity index (χ4n) is 6.77. The second-order valence-electron chi connectivity index (χ2n) is 11.1. The molecule has 3 aliphatic heterocycles. The van der Waals surface area contributed by atoms with Gasteiger partial charge in [-0.2, -0.15) is 0 Å². The molecule has 3 aliphatic rings. The molecule has 0 aromatic heterocycles. The lowest BCUT2D eigenvalue weighted by molar-refractivity contribution is -0.151. The van der Waals surface area contributed by atoms with Crippen LogP contribution in [-0.2, 0) is 19.1 Å². The Morgan fingerprint density at radius 3 is 2.53 bits per heavy atom. The Morgan fingerprint density at radius 1 is 1.22 bits per heavy atom. The summed E-state index contributed by atoms with van der Waals surface area (Å²) in [4.78, 5) is 43.3. The van der Waals surface area contributed by atoms with Crippen molar-refractivity contribution in [2.75, 3.05) is 18.5 Å². The first-order chi connectivity index (χ1) is 17.2. The van der Waals surface area contributed by atoms with E-state index in [1.54, 1.807) is 4.90 Å². The number of hydrogen-bond acceptors (Lipinski definition) is 5. The zero-order valence-corrected chi connectivity index (χ0v) is 22.1. The van der Waals surface area contributed by atoms with Crippen molar-refractivity contribution < 1.29 is 24.2 Å². The van der Waals surface area contributed by atoms with Crippen LogP contribution in [0.15, 0.2) is 30.3 Å². The number of para-hydroxylation sites is 1. The lowest BCUT2D eigenvalue weighted by atomic mass is 9.62. The van der Waals surface area contributed by atoms with Crippen LogP contribution in [0.4, 0.5) is 5.69 Å². The predicted molar refractivity (Wildman–Crippen MR) is 137 cm³/mol. The third-order valence-electron chi connectivity index (χ3n) is 9.00. The molecule has 1 aromatic rings. The van der Waals surface area contributed by atoms with E-state index < -0.39 is 35.1 Å². The summed E-state index contributed by atoms with van der Waals surface area (Å²) in [6, 6.07) is 7.75. The molecule has 3 amide bonds. The number of anilines is 1. The van der Waals surface area contributed by atoms with Crippen LogP contribution in [-0.4, -0.2) is 64.2 Å². The number of hydrogen-bond donors (Lipinski definition) is 3. The van der Waals surface area contributed by atoms with Gasteiger partial charge in [0.2, 0.25) is 17.7 Å². The van der Waals surface area contributed by atoms with Gasteiger partial charge in [0.15, 0.2) is 0 Å². The predicted octanol–water partition coefficient (Wildman–Crippen LogP) is 2.96. The SMILES string of the molecule is CCCCNC(=O)C1N([C@@H](CO)[C@@H](C)CC)C(=O)[C@@H]2[C@@H](C(=O)Nc3ccccc3)[C@]3(C)OC12CC3C. The van der Waals surface area contributed by atoms with Crippen LogP contribution in [0, 0.1) is 23.7 Å². The number of unbranched alkanes of at least 4 members (excludes halogenated alkanes) is 1. The number of carbonyl (C=O) groups is 3. The Balaban J connectivity index is 1.77. The molecule has 4 rings (SSSR count). The standard InChI is InChI=1S/C28H41N3O5/c1-6-8-14-29-25(34)23-28-15-18(4)27(5,36-28)21(24(33)30-19-12-10-9-11-13-19)22(28)26(35)31(23)20(16-32)17(3)7-2/h9-13,17-18,20-23,32H,6-8,14-16H2,1-5H3,(H,29,34)(H,30,33)/t17-,18?,20-,21-,22-,23?,27+,28?/m0/s1. The molecule has 1 aromatic carbocycles. The lowest BCUT2D eigenvalue weighted by Gasteiger charge is -2.39. The average Bonchev–Trinajstić information content (AvgIpc) is 3.37. The van der Waals surface area contributed by atoms with E-state index in [0.29, 0.717) is 18.7 Å². The molecule has 3 N–H and O–H groups in total. The van der Waals surface area contributed by atoms with Crippen molar-refractivity contribution >= 4 is 23.4 Å². The van der Waals surface area contributed by atoms with E-state index >= 15 is 0 Å². The number of benzene rings is 1. The van der Waals surface area contributed by atoms with Crippen molar-refractivity contribution in [3.63, 3.8) is 0 Å². The monoisotopic (exact) mass is 499 g/mol. The third kappa shape index (κ3) is 4.02. The van der Waals surface area contributed by atoms with E-state index in [9.17, 15) is 19.5 Å². The molecule has 0 radical (unpaired) electrons. The number of carbonyl (C=O) groups excluding carboxylic acids is 3. The molecule has 3 heterocycles. The number of nitrogens with one attached hydrogen (secondary N) is 2. The minimum absolute atomic E-state index is 0.0260. The highest BCUT2D eigenvalue weighted by atomic mass is 16.5. The maximum absolute atomic E-state index is 14.2.